The van der Waals surface area contributed by atoms with Crippen LogP contribution < -0.4 is 5.32 Å². The zero-order valence-corrected chi connectivity index (χ0v) is 10.0. The van der Waals surface area contributed by atoms with E-state index in [1.807, 2.05) is 0 Å². The van der Waals surface area contributed by atoms with Gasteiger partial charge in [-0.1, -0.05) is 5.16 Å². The number of anilines is 1. The Morgan fingerprint density at radius 1 is 1.50 bits per heavy atom. The van der Waals surface area contributed by atoms with Crippen molar-refractivity contribution in [2.75, 3.05) is 5.32 Å². The van der Waals surface area contributed by atoms with Crippen molar-refractivity contribution in [1.29, 1.82) is 0 Å². The number of hydrogen-bond acceptors (Lipinski definition) is 6. The van der Waals surface area contributed by atoms with Crippen LogP contribution in [-0.2, 0) is 6.54 Å². The third kappa shape index (κ3) is 2.45. The number of rotatable bonds is 4. The van der Waals surface area contributed by atoms with E-state index < -0.39 is 4.92 Å². The van der Waals surface area contributed by atoms with Crippen LogP contribution in [0.3, 0.4) is 0 Å². The van der Waals surface area contributed by atoms with Crippen molar-refractivity contribution in [3.8, 4) is 0 Å². The van der Waals surface area contributed by atoms with E-state index in [1.165, 1.54) is 6.20 Å². The lowest BCUT2D eigenvalue weighted by molar-refractivity contribution is -0.384. The van der Waals surface area contributed by atoms with E-state index in [-0.39, 0.29) is 11.5 Å². The highest BCUT2D eigenvalue weighted by molar-refractivity contribution is 5.59. The van der Waals surface area contributed by atoms with Crippen molar-refractivity contribution in [3.63, 3.8) is 0 Å². The summed E-state index contributed by atoms with van der Waals surface area (Å²) in [6, 6.07) is 3.36. The average molecular weight is 248 g/mol. The van der Waals surface area contributed by atoms with Gasteiger partial charge < -0.3 is 9.84 Å². The van der Waals surface area contributed by atoms with Crippen LogP contribution >= 0.6 is 0 Å². The summed E-state index contributed by atoms with van der Waals surface area (Å²) >= 11 is 0. The highest BCUT2D eigenvalue weighted by Crippen LogP contribution is 2.25. The first-order valence-electron chi connectivity index (χ1n) is 5.34. The van der Waals surface area contributed by atoms with Crippen molar-refractivity contribution < 1.29 is 9.45 Å². The minimum atomic E-state index is -0.446. The molecule has 7 nitrogen and oxygen atoms in total. The summed E-state index contributed by atoms with van der Waals surface area (Å²) in [4.78, 5) is 14.5. The van der Waals surface area contributed by atoms with Gasteiger partial charge in [-0.2, -0.15) is 0 Å². The third-order valence-electron chi connectivity index (χ3n) is 2.42. The molecule has 0 spiro atoms. The summed E-state index contributed by atoms with van der Waals surface area (Å²) in [6.07, 6.45) is 1.53. The molecule has 0 fully saturated rings. The van der Waals surface area contributed by atoms with Gasteiger partial charge in [0.25, 0.3) is 0 Å². The molecule has 0 amide bonds. The molecule has 0 radical (unpaired) electrons. The second-order valence-corrected chi connectivity index (χ2v) is 3.86. The van der Waals surface area contributed by atoms with E-state index >= 15 is 0 Å². The fraction of sp³-hybridized carbons (Fsp3) is 0.273. The first-order chi connectivity index (χ1) is 8.58. The molecule has 0 unspecified atom stereocenters. The monoisotopic (exact) mass is 248 g/mol. The van der Waals surface area contributed by atoms with Crippen LogP contribution in [0.1, 0.15) is 17.0 Å². The fourth-order valence-electron chi connectivity index (χ4n) is 1.59. The van der Waals surface area contributed by atoms with Crippen molar-refractivity contribution >= 4 is 11.5 Å². The van der Waals surface area contributed by atoms with Gasteiger partial charge in [-0.05, 0) is 19.9 Å². The SMILES string of the molecule is Cc1cc(CNc2nccc(C)c2[N+](=O)[O-])no1. The molecule has 0 aliphatic carbocycles. The Bertz CT molecular complexity index is 579. The van der Waals surface area contributed by atoms with Crippen LogP contribution in [0, 0.1) is 24.0 Å². The molecular weight excluding hydrogens is 236 g/mol. The Morgan fingerprint density at radius 2 is 2.28 bits per heavy atom. The zero-order chi connectivity index (χ0) is 13.1. The molecule has 7 heteroatoms. The van der Waals surface area contributed by atoms with Crippen molar-refractivity contribution in [2.45, 2.75) is 20.4 Å². The Morgan fingerprint density at radius 3 is 2.89 bits per heavy atom. The fourth-order valence-corrected chi connectivity index (χ4v) is 1.59. The van der Waals surface area contributed by atoms with Gasteiger partial charge in [0, 0.05) is 17.8 Å². The maximum atomic E-state index is 10.9. The van der Waals surface area contributed by atoms with Crippen molar-refractivity contribution in [2.24, 2.45) is 0 Å². The largest absolute Gasteiger partial charge is 0.361 e. The van der Waals surface area contributed by atoms with Gasteiger partial charge in [-0.15, -0.1) is 0 Å². The smallest absolute Gasteiger partial charge is 0.314 e. The van der Waals surface area contributed by atoms with Crippen molar-refractivity contribution in [3.05, 3.63) is 45.5 Å². The lowest BCUT2D eigenvalue weighted by Crippen LogP contribution is -2.05. The Labute approximate surface area is 103 Å². The van der Waals surface area contributed by atoms with Gasteiger partial charge in [0.1, 0.15) is 11.5 Å². The van der Waals surface area contributed by atoms with E-state index in [0.717, 1.165) is 0 Å². The number of nitrogens with one attached hydrogen (secondary N) is 1. The number of pyridine rings is 1. The molecule has 94 valence electrons. The highest BCUT2D eigenvalue weighted by Gasteiger charge is 2.18. The minimum Gasteiger partial charge on any atom is -0.361 e. The molecule has 2 heterocycles. The van der Waals surface area contributed by atoms with Crippen LogP contribution in [0.15, 0.2) is 22.9 Å². The molecule has 18 heavy (non-hydrogen) atoms. The number of nitrogens with zero attached hydrogens (tertiary/aromatic N) is 3. The summed E-state index contributed by atoms with van der Waals surface area (Å²) in [5.74, 6) is 0.930. The molecule has 0 aliphatic heterocycles. The second kappa shape index (κ2) is 4.82. The first kappa shape index (κ1) is 12.0. The van der Waals surface area contributed by atoms with Crippen LogP contribution in [-0.4, -0.2) is 15.1 Å². The molecule has 0 aromatic carbocycles. The molecule has 2 aromatic heterocycles. The van der Waals surface area contributed by atoms with Crippen LogP contribution in [0.2, 0.25) is 0 Å². The quantitative estimate of drug-likeness (QED) is 0.658. The van der Waals surface area contributed by atoms with Gasteiger partial charge in [0.05, 0.1) is 11.5 Å². The number of aryl methyl sites for hydroxylation is 2. The summed E-state index contributed by atoms with van der Waals surface area (Å²) in [5, 5.41) is 17.6. The Balaban J connectivity index is 2.19. The first-order valence-corrected chi connectivity index (χ1v) is 5.34. The molecule has 1 N–H and O–H groups in total. The average Bonchev–Trinajstić information content (AvgIpc) is 2.72. The van der Waals surface area contributed by atoms with Gasteiger partial charge >= 0.3 is 5.69 Å². The number of aromatic nitrogens is 2. The standard InChI is InChI=1S/C11H12N4O3/c1-7-3-4-12-11(10(7)15(16)17)13-6-9-5-8(2)18-14-9/h3-5H,6H2,1-2H3,(H,12,13). The lowest BCUT2D eigenvalue weighted by Gasteiger charge is -2.05. The van der Waals surface area contributed by atoms with E-state index in [9.17, 15) is 10.1 Å². The summed E-state index contributed by atoms with van der Waals surface area (Å²) in [5.41, 5.74) is 1.22. The maximum absolute atomic E-state index is 10.9. The molecule has 0 bridgehead atoms. The third-order valence-corrected chi connectivity index (χ3v) is 2.42. The Kier molecular flexibility index (Phi) is 3.22. The molecular formula is C11H12N4O3. The van der Waals surface area contributed by atoms with E-state index in [2.05, 4.69) is 15.5 Å². The second-order valence-electron chi connectivity index (χ2n) is 3.86. The highest BCUT2D eigenvalue weighted by atomic mass is 16.6. The summed E-state index contributed by atoms with van der Waals surface area (Å²) < 4.78 is 4.91. The van der Waals surface area contributed by atoms with Crippen LogP contribution in [0.25, 0.3) is 0 Å². The Hall–Kier alpha value is -2.44. The van der Waals surface area contributed by atoms with Crippen LogP contribution in [0.5, 0.6) is 0 Å². The number of nitro groups is 1. The molecule has 2 aromatic rings. The molecule has 0 atom stereocenters. The maximum Gasteiger partial charge on any atom is 0.314 e. The topological polar surface area (TPSA) is 94.1 Å². The van der Waals surface area contributed by atoms with E-state index in [4.69, 9.17) is 4.52 Å². The summed E-state index contributed by atoms with van der Waals surface area (Å²) in [6.45, 7) is 3.78. The molecule has 2 rings (SSSR count). The normalized spacial score (nSPS) is 10.3. The van der Waals surface area contributed by atoms with E-state index in [1.54, 1.807) is 26.0 Å². The lowest BCUT2D eigenvalue weighted by atomic mass is 10.2. The number of hydrogen-bond donors (Lipinski definition) is 1. The van der Waals surface area contributed by atoms with E-state index in [0.29, 0.717) is 23.6 Å². The van der Waals surface area contributed by atoms with Crippen molar-refractivity contribution in [1.82, 2.24) is 10.1 Å². The minimum absolute atomic E-state index is 0.0160. The van der Waals surface area contributed by atoms with Crippen LogP contribution in [0.4, 0.5) is 11.5 Å². The molecule has 0 saturated carbocycles. The van der Waals surface area contributed by atoms with Gasteiger partial charge in [-0.3, -0.25) is 10.1 Å². The molecule has 0 saturated heterocycles. The van der Waals surface area contributed by atoms with Gasteiger partial charge in [0.15, 0.2) is 0 Å². The zero-order valence-electron chi connectivity index (χ0n) is 10.0. The summed E-state index contributed by atoms with van der Waals surface area (Å²) in [7, 11) is 0. The molecule has 0 aliphatic rings. The predicted molar refractivity (Wildman–Crippen MR) is 64.2 cm³/mol. The predicted octanol–water partition coefficient (Wildman–Crippen LogP) is 2.21. The van der Waals surface area contributed by atoms with Gasteiger partial charge in [-0.25, -0.2) is 4.98 Å². The van der Waals surface area contributed by atoms with Gasteiger partial charge in [0.2, 0.25) is 5.82 Å².